The third kappa shape index (κ3) is 6.29. The summed E-state index contributed by atoms with van der Waals surface area (Å²) in [5, 5.41) is 7.12. The van der Waals surface area contributed by atoms with Crippen LogP contribution >= 0.6 is 0 Å². The molecule has 3 rings (SSSR count). The van der Waals surface area contributed by atoms with Crippen LogP contribution in [0.3, 0.4) is 0 Å². The number of sulfone groups is 1. The van der Waals surface area contributed by atoms with Crippen LogP contribution in [-0.4, -0.2) is 51.9 Å². The number of carbonyl (C=O) groups is 1. The Morgan fingerprint density at radius 1 is 1.16 bits per heavy atom. The Labute approximate surface area is 178 Å². The van der Waals surface area contributed by atoms with Crippen molar-refractivity contribution in [1.82, 2.24) is 19.9 Å². The molecule has 32 heavy (non-hydrogen) atoms. The Bertz CT molecular complexity index is 1230. The summed E-state index contributed by atoms with van der Waals surface area (Å²) in [6, 6.07) is 4.81. The minimum Gasteiger partial charge on any atom is -0.475 e. The molecule has 0 saturated heterocycles. The first-order valence-electron chi connectivity index (χ1n) is 8.46. The van der Waals surface area contributed by atoms with Gasteiger partial charge in [0.15, 0.2) is 15.7 Å². The number of rotatable bonds is 4. The Kier molecular flexibility index (Phi) is 7.28. The van der Waals surface area contributed by atoms with Gasteiger partial charge in [0.25, 0.3) is 6.43 Å². The zero-order valence-corrected chi connectivity index (χ0v) is 17.2. The number of hydrogen-bond acceptors (Lipinski definition) is 6. The van der Waals surface area contributed by atoms with Gasteiger partial charge in [0.05, 0.1) is 4.90 Å². The fourth-order valence-corrected chi connectivity index (χ4v) is 2.92. The van der Waals surface area contributed by atoms with Crippen molar-refractivity contribution in [2.24, 2.45) is 0 Å². The maximum absolute atomic E-state index is 12.9. The number of H-pyrrole nitrogens is 1. The molecule has 0 aliphatic rings. The van der Waals surface area contributed by atoms with Crippen molar-refractivity contribution in [3.8, 4) is 22.6 Å². The molecule has 0 atom stereocenters. The molecule has 2 N–H and O–H groups in total. The monoisotopic (exact) mass is 478 g/mol. The summed E-state index contributed by atoms with van der Waals surface area (Å²) in [5.41, 5.74) is 1.55. The number of aromatic amines is 1. The van der Waals surface area contributed by atoms with Crippen molar-refractivity contribution < 1.29 is 40.3 Å². The van der Waals surface area contributed by atoms with Crippen molar-refractivity contribution in [2.45, 2.75) is 24.4 Å². The Morgan fingerprint density at radius 3 is 2.28 bits per heavy atom. The summed E-state index contributed by atoms with van der Waals surface area (Å²) < 4.78 is 80.9. The van der Waals surface area contributed by atoms with E-state index in [1.165, 1.54) is 31.6 Å². The minimum absolute atomic E-state index is 0.0946. The van der Waals surface area contributed by atoms with Crippen LogP contribution in [0.2, 0.25) is 0 Å². The van der Waals surface area contributed by atoms with Crippen molar-refractivity contribution >= 4 is 15.8 Å². The highest BCUT2D eigenvalue weighted by atomic mass is 32.2. The third-order valence-corrected chi connectivity index (χ3v) is 4.93. The lowest BCUT2D eigenvalue weighted by Gasteiger charge is -2.05. The number of carboxylic acids is 1. The molecule has 0 aliphatic carbocycles. The number of nitrogens with one attached hydrogen (secondary N) is 1. The number of imidazole rings is 1. The van der Waals surface area contributed by atoms with Gasteiger partial charge in [-0.1, -0.05) is 0 Å². The molecule has 172 valence electrons. The van der Waals surface area contributed by atoms with E-state index in [9.17, 15) is 30.4 Å². The van der Waals surface area contributed by atoms with Crippen LogP contribution in [0.15, 0.2) is 41.7 Å². The van der Waals surface area contributed by atoms with Gasteiger partial charge in [-0.15, -0.1) is 0 Å². The normalized spacial score (nSPS) is 11.8. The fraction of sp³-hybridized carbons (Fsp3) is 0.222. The fourth-order valence-electron chi connectivity index (χ4n) is 2.33. The molecule has 0 spiro atoms. The van der Waals surface area contributed by atoms with Gasteiger partial charge in [0.2, 0.25) is 0 Å². The zero-order valence-electron chi connectivity index (χ0n) is 16.4. The summed E-state index contributed by atoms with van der Waals surface area (Å²) in [5.74, 6) is -2.53. The van der Waals surface area contributed by atoms with E-state index in [4.69, 9.17) is 9.90 Å². The SMILES string of the molecule is Cc1[nH]c(-c2cc(-c3cncc(S(C)(=O)=O)c3)ccn2)nc1C(F)F.O=C(O)C(F)(F)F. The van der Waals surface area contributed by atoms with E-state index in [-0.39, 0.29) is 22.1 Å². The number of aromatic nitrogens is 4. The molecule has 0 amide bonds. The molecule has 3 aromatic heterocycles. The molecule has 0 aromatic carbocycles. The van der Waals surface area contributed by atoms with E-state index >= 15 is 0 Å². The van der Waals surface area contributed by atoms with Crippen LogP contribution in [0, 0.1) is 6.92 Å². The van der Waals surface area contributed by atoms with Gasteiger partial charge >= 0.3 is 12.1 Å². The molecular formula is C18H15F5N4O4S. The van der Waals surface area contributed by atoms with Crippen LogP contribution in [0.25, 0.3) is 22.6 Å². The number of carboxylic acid groups (broad SMARTS) is 1. The minimum atomic E-state index is -5.08. The highest BCUT2D eigenvalue weighted by Crippen LogP contribution is 2.27. The summed E-state index contributed by atoms with van der Waals surface area (Å²) in [6.07, 6.45) is -2.37. The first-order chi connectivity index (χ1) is 14.7. The largest absolute Gasteiger partial charge is 0.490 e. The highest BCUT2D eigenvalue weighted by molar-refractivity contribution is 7.90. The highest BCUT2D eigenvalue weighted by Gasteiger charge is 2.38. The topological polar surface area (TPSA) is 126 Å². The zero-order chi connectivity index (χ0) is 24.3. The van der Waals surface area contributed by atoms with Crippen LogP contribution in [0.5, 0.6) is 0 Å². The molecule has 14 heteroatoms. The van der Waals surface area contributed by atoms with E-state index in [2.05, 4.69) is 19.9 Å². The van der Waals surface area contributed by atoms with Gasteiger partial charge in [0.1, 0.15) is 11.4 Å². The van der Waals surface area contributed by atoms with Crippen LogP contribution < -0.4 is 0 Å². The van der Waals surface area contributed by atoms with Crippen molar-refractivity contribution in [2.75, 3.05) is 6.26 Å². The molecule has 0 radical (unpaired) electrons. The van der Waals surface area contributed by atoms with Crippen molar-refractivity contribution in [1.29, 1.82) is 0 Å². The summed E-state index contributed by atoms with van der Waals surface area (Å²) in [7, 11) is -3.39. The number of hydrogen-bond donors (Lipinski definition) is 2. The van der Waals surface area contributed by atoms with E-state index in [0.29, 0.717) is 16.8 Å². The van der Waals surface area contributed by atoms with E-state index in [1.807, 2.05) is 0 Å². The standard InChI is InChI=1S/C16H14F2N4O2S.C2HF3O2/c1-9-14(15(17)18)22-16(21-9)13-6-10(3-4-20-13)11-5-12(8-19-7-11)25(2,23)24;3-2(4,5)1(6)7/h3-8,15H,1-2H3,(H,21,22);(H,6,7). The van der Waals surface area contributed by atoms with Gasteiger partial charge in [-0.05, 0) is 30.7 Å². The molecule has 3 heterocycles. The second-order valence-electron chi connectivity index (χ2n) is 6.31. The lowest BCUT2D eigenvalue weighted by Crippen LogP contribution is -2.21. The molecule has 3 aromatic rings. The van der Waals surface area contributed by atoms with Crippen molar-refractivity contribution in [3.63, 3.8) is 0 Å². The maximum atomic E-state index is 12.9. The molecule has 0 saturated carbocycles. The number of pyridine rings is 2. The first-order valence-corrected chi connectivity index (χ1v) is 10.4. The van der Waals surface area contributed by atoms with Gasteiger partial charge in [0, 0.05) is 36.1 Å². The molecule has 0 bridgehead atoms. The van der Waals surface area contributed by atoms with Crippen molar-refractivity contribution in [3.05, 3.63) is 48.2 Å². The Balaban J connectivity index is 0.000000451. The number of alkyl halides is 5. The molecule has 0 aliphatic heterocycles. The molecular weight excluding hydrogens is 463 g/mol. The van der Waals surface area contributed by atoms with E-state index in [0.717, 1.165) is 6.26 Å². The summed E-state index contributed by atoms with van der Waals surface area (Å²) in [6.45, 7) is 1.52. The van der Waals surface area contributed by atoms with E-state index in [1.54, 1.807) is 12.1 Å². The quantitative estimate of drug-likeness (QED) is 0.546. The van der Waals surface area contributed by atoms with Crippen LogP contribution in [0.4, 0.5) is 22.0 Å². The second-order valence-corrected chi connectivity index (χ2v) is 8.33. The number of halogens is 5. The summed E-state index contributed by atoms with van der Waals surface area (Å²) in [4.78, 5) is 23.8. The lowest BCUT2D eigenvalue weighted by molar-refractivity contribution is -0.192. The van der Waals surface area contributed by atoms with E-state index < -0.39 is 28.4 Å². The Hall–Kier alpha value is -3.42. The Morgan fingerprint density at radius 2 is 1.78 bits per heavy atom. The first kappa shape index (κ1) is 24.8. The maximum Gasteiger partial charge on any atom is 0.490 e. The van der Waals surface area contributed by atoms with Gasteiger partial charge < -0.3 is 10.1 Å². The molecule has 0 fully saturated rings. The smallest absolute Gasteiger partial charge is 0.475 e. The summed E-state index contributed by atoms with van der Waals surface area (Å²) >= 11 is 0. The lowest BCUT2D eigenvalue weighted by atomic mass is 10.1. The van der Waals surface area contributed by atoms with Crippen LogP contribution in [-0.2, 0) is 14.6 Å². The van der Waals surface area contributed by atoms with Gasteiger partial charge in [-0.25, -0.2) is 27.0 Å². The van der Waals surface area contributed by atoms with Gasteiger partial charge in [-0.3, -0.25) is 9.97 Å². The number of aliphatic carboxylic acids is 1. The predicted octanol–water partition coefficient (Wildman–Crippen LogP) is 3.82. The average molecular weight is 478 g/mol. The van der Waals surface area contributed by atoms with Gasteiger partial charge in [-0.2, -0.15) is 13.2 Å². The third-order valence-electron chi connectivity index (χ3n) is 3.85. The van der Waals surface area contributed by atoms with Crippen LogP contribution in [0.1, 0.15) is 17.8 Å². The molecule has 8 nitrogen and oxygen atoms in total. The second kappa shape index (κ2) is 9.38. The molecule has 0 unspecified atom stereocenters. The predicted molar refractivity (Wildman–Crippen MR) is 102 cm³/mol. The number of aryl methyl sites for hydroxylation is 1. The number of nitrogens with zero attached hydrogens (tertiary/aromatic N) is 3. The average Bonchev–Trinajstić information content (AvgIpc) is 3.09.